The van der Waals surface area contributed by atoms with Crippen molar-refractivity contribution in [2.45, 2.75) is 58.7 Å². The third kappa shape index (κ3) is 4.63. The molecule has 1 aliphatic rings. The van der Waals surface area contributed by atoms with Crippen molar-refractivity contribution < 1.29 is 9.13 Å². The van der Waals surface area contributed by atoms with Crippen LogP contribution in [0.2, 0.25) is 0 Å². The minimum atomic E-state index is -0.837. The Kier molecular flexibility index (Phi) is 6.49. The molecule has 98 valence electrons. The Bertz CT molecular complexity index is 270. The third-order valence-electron chi connectivity index (χ3n) is 3.51. The van der Waals surface area contributed by atoms with E-state index in [1.807, 2.05) is 13.8 Å². The van der Waals surface area contributed by atoms with E-state index in [-0.39, 0.29) is 12.0 Å². The number of hydrogen-bond acceptors (Lipinski definition) is 1. The molecule has 0 amide bonds. The molecule has 1 aliphatic carbocycles. The summed E-state index contributed by atoms with van der Waals surface area (Å²) in [5.74, 6) is 0.0800. The van der Waals surface area contributed by atoms with Gasteiger partial charge in [-0.1, -0.05) is 23.8 Å². The number of rotatable bonds is 4. The van der Waals surface area contributed by atoms with Crippen LogP contribution in [0.15, 0.2) is 23.8 Å². The van der Waals surface area contributed by atoms with Gasteiger partial charge in [-0.25, -0.2) is 4.39 Å². The second-order valence-corrected chi connectivity index (χ2v) is 4.73. The maximum atomic E-state index is 14.0. The van der Waals surface area contributed by atoms with Gasteiger partial charge in [-0.2, -0.15) is 0 Å². The molecule has 3 atom stereocenters. The van der Waals surface area contributed by atoms with Gasteiger partial charge < -0.3 is 4.74 Å². The predicted molar refractivity (Wildman–Crippen MR) is 70.8 cm³/mol. The average Bonchev–Trinajstić information content (AvgIpc) is 2.52. The summed E-state index contributed by atoms with van der Waals surface area (Å²) in [7, 11) is 0. The zero-order valence-corrected chi connectivity index (χ0v) is 11.3. The molecule has 0 N–H and O–H groups in total. The van der Waals surface area contributed by atoms with E-state index in [1.165, 1.54) is 5.57 Å². The Morgan fingerprint density at radius 3 is 2.82 bits per heavy atom. The molecule has 0 aliphatic heterocycles. The molecular weight excluding hydrogens is 215 g/mol. The summed E-state index contributed by atoms with van der Waals surface area (Å²) in [6.45, 7) is 6.66. The van der Waals surface area contributed by atoms with Gasteiger partial charge in [-0.05, 0) is 52.4 Å². The van der Waals surface area contributed by atoms with Crippen molar-refractivity contribution in [3.05, 3.63) is 23.8 Å². The van der Waals surface area contributed by atoms with E-state index in [9.17, 15) is 4.39 Å². The van der Waals surface area contributed by atoms with Crippen molar-refractivity contribution in [3.8, 4) is 0 Å². The van der Waals surface area contributed by atoms with E-state index in [0.29, 0.717) is 0 Å². The summed E-state index contributed by atoms with van der Waals surface area (Å²) in [4.78, 5) is 0. The first kappa shape index (κ1) is 14.4. The number of ether oxygens (including phenoxy) is 1. The fourth-order valence-corrected chi connectivity index (χ4v) is 2.56. The number of halogens is 1. The summed E-state index contributed by atoms with van der Waals surface area (Å²) in [6.07, 6.45) is 8.83. The molecular formula is C15H25FO. The lowest BCUT2D eigenvalue weighted by molar-refractivity contribution is 0.0369. The Hall–Kier alpha value is -0.630. The fourth-order valence-electron chi connectivity index (χ4n) is 2.56. The molecule has 1 nitrogen and oxygen atoms in total. The van der Waals surface area contributed by atoms with E-state index < -0.39 is 6.17 Å². The molecule has 1 fully saturated rings. The van der Waals surface area contributed by atoms with Crippen LogP contribution in [0.5, 0.6) is 0 Å². The van der Waals surface area contributed by atoms with E-state index in [1.54, 1.807) is 12.2 Å². The average molecular weight is 240 g/mol. The molecule has 0 aromatic rings. The van der Waals surface area contributed by atoms with E-state index >= 15 is 0 Å². The van der Waals surface area contributed by atoms with Crippen LogP contribution in [0.1, 0.15) is 46.5 Å². The van der Waals surface area contributed by atoms with Crippen LogP contribution in [-0.2, 0) is 4.74 Å². The van der Waals surface area contributed by atoms with Crippen molar-refractivity contribution in [1.29, 1.82) is 0 Å². The van der Waals surface area contributed by atoms with Crippen LogP contribution < -0.4 is 0 Å². The van der Waals surface area contributed by atoms with E-state index in [4.69, 9.17) is 4.74 Å². The zero-order valence-electron chi connectivity index (χ0n) is 11.3. The summed E-state index contributed by atoms with van der Waals surface area (Å²) in [5, 5.41) is 0. The van der Waals surface area contributed by atoms with Crippen LogP contribution in [0, 0.1) is 5.92 Å². The maximum absolute atomic E-state index is 14.0. The minimum absolute atomic E-state index is 0.0800. The highest BCUT2D eigenvalue weighted by Gasteiger charge is 2.27. The number of allylic oxidation sites excluding steroid dienone is 4. The molecule has 0 radical (unpaired) electrons. The summed E-state index contributed by atoms with van der Waals surface area (Å²) in [5.41, 5.74) is 1.38. The van der Waals surface area contributed by atoms with Gasteiger partial charge in [0.1, 0.15) is 6.17 Å². The van der Waals surface area contributed by atoms with E-state index in [0.717, 1.165) is 32.3 Å². The van der Waals surface area contributed by atoms with Crippen LogP contribution in [-0.4, -0.2) is 18.9 Å². The molecule has 1 rings (SSSR count). The van der Waals surface area contributed by atoms with Gasteiger partial charge in [-0.15, -0.1) is 0 Å². The van der Waals surface area contributed by atoms with Crippen molar-refractivity contribution in [2.24, 2.45) is 5.92 Å². The molecule has 3 unspecified atom stereocenters. The molecule has 2 heteroatoms. The van der Waals surface area contributed by atoms with Gasteiger partial charge in [0.2, 0.25) is 0 Å². The summed E-state index contributed by atoms with van der Waals surface area (Å²) < 4.78 is 19.7. The van der Waals surface area contributed by atoms with Crippen molar-refractivity contribution in [3.63, 3.8) is 0 Å². The second kappa shape index (κ2) is 7.65. The van der Waals surface area contributed by atoms with Crippen molar-refractivity contribution >= 4 is 0 Å². The Morgan fingerprint density at radius 2 is 2.24 bits per heavy atom. The first-order valence-corrected chi connectivity index (χ1v) is 6.73. The lowest BCUT2D eigenvalue weighted by Gasteiger charge is -2.21. The zero-order chi connectivity index (χ0) is 12.7. The minimum Gasteiger partial charge on any atom is -0.378 e. The Balaban J connectivity index is 2.70. The molecule has 0 aromatic heterocycles. The molecule has 1 saturated carbocycles. The predicted octanol–water partition coefficient (Wildman–Crippen LogP) is 4.44. The van der Waals surface area contributed by atoms with Crippen LogP contribution in [0.4, 0.5) is 4.39 Å². The molecule has 0 heterocycles. The Labute approximate surface area is 105 Å². The van der Waals surface area contributed by atoms with Gasteiger partial charge in [0.25, 0.3) is 0 Å². The topological polar surface area (TPSA) is 9.23 Å². The smallest absolute Gasteiger partial charge is 0.121 e. The van der Waals surface area contributed by atoms with Gasteiger partial charge in [0.15, 0.2) is 0 Å². The number of hydrogen-bond donors (Lipinski definition) is 0. The lowest BCUT2D eigenvalue weighted by atomic mass is 9.92. The molecule has 17 heavy (non-hydrogen) atoms. The fraction of sp³-hybridized carbons (Fsp3) is 0.733. The molecule has 0 saturated heterocycles. The SMILES string of the molecule is C/C=C/C(F)C1C/C(=C/C)CCC(OCC)C1. The van der Waals surface area contributed by atoms with E-state index in [2.05, 4.69) is 13.0 Å². The molecule has 0 bridgehead atoms. The van der Waals surface area contributed by atoms with Gasteiger partial charge in [0.05, 0.1) is 6.10 Å². The van der Waals surface area contributed by atoms with Crippen molar-refractivity contribution in [2.75, 3.05) is 6.61 Å². The molecule has 0 aromatic carbocycles. The van der Waals surface area contributed by atoms with Crippen LogP contribution in [0.25, 0.3) is 0 Å². The summed E-state index contributed by atoms with van der Waals surface area (Å²) >= 11 is 0. The highest BCUT2D eigenvalue weighted by molar-refractivity contribution is 5.07. The lowest BCUT2D eigenvalue weighted by Crippen LogP contribution is -2.21. The van der Waals surface area contributed by atoms with Gasteiger partial charge >= 0.3 is 0 Å². The molecule has 0 spiro atoms. The standard InChI is InChI=1S/C15H25FO/c1-4-7-15(16)13-10-12(5-2)8-9-14(11-13)17-6-3/h4-5,7,13-15H,6,8-11H2,1-3H3/b7-4+,12-5+. The normalized spacial score (nSPS) is 30.7. The third-order valence-corrected chi connectivity index (χ3v) is 3.51. The van der Waals surface area contributed by atoms with Gasteiger partial charge in [-0.3, -0.25) is 0 Å². The second-order valence-electron chi connectivity index (χ2n) is 4.73. The monoisotopic (exact) mass is 240 g/mol. The van der Waals surface area contributed by atoms with Crippen LogP contribution in [0.3, 0.4) is 0 Å². The maximum Gasteiger partial charge on any atom is 0.121 e. The summed E-state index contributed by atoms with van der Waals surface area (Å²) in [6, 6.07) is 0. The van der Waals surface area contributed by atoms with Crippen molar-refractivity contribution in [1.82, 2.24) is 0 Å². The quantitative estimate of drug-likeness (QED) is 0.521. The highest BCUT2D eigenvalue weighted by atomic mass is 19.1. The first-order valence-electron chi connectivity index (χ1n) is 6.73. The van der Waals surface area contributed by atoms with Crippen LogP contribution >= 0.6 is 0 Å². The first-order chi connectivity index (χ1) is 8.21. The number of alkyl halides is 1. The Morgan fingerprint density at radius 1 is 1.47 bits per heavy atom. The van der Waals surface area contributed by atoms with Gasteiger partial charge in [0, 0.05) is 6.61 Å². The highest BCUT2D eigenvalue weighted by Crippen LogP contribution is 2.32. The largest absolute Gasteiger partial charge is 0.378 e.